The Labute approximate surface area is 97.2 Å². The third-order valence-corrected chi connectivity index (χ3v) is 3.14. The Morgan fingerprint density at radius 1 is 1.12 bits per heavy atom. The molecule has 5 nitrogen and oxygen atoms in total. The van der Waals surface area contributed by atoms with Crippen LogP contribution in [0.4, 0.5) is 0 Å². The van der Waals surface area contributed by atoms with Crippen molar-refractivity contribution in [2.24, 2.45) is 0 Å². The van der Waals surface area contributed by atoms with Crippen LogP contribution in [0.3, 0.4) is 0 Å². The molecule has 6 heteroatoms. The van der Waals surface area contributed by atoms with E-state index in [2.05, 4.69) is 5.32 Å². The normalized spacial score (nSPS) is 11.6. The van der Waals surface area contributed by atoms with Crippen molar-refractivity contribution in [3.8, 4) is 0 Å². The van der Waals surface area contributed by atoms with Crippen LogP contribution in [0, 0.1) is 0 Å². The molecule has 0 aliphatic carbocycles. The van der Waals surface area contributed by atoms with E-state index in [0.717, 1.165) is 19.4 Å². The maximum atomic E-state index is 10.8. The standard InChI is InChI=1S/C10H21NO4S/c1-16(14,15)9-5-8-11-7-4-2-3-6-10(12)13/h11H,2-9H2,1H3,(H,12,13). The van der Waals surface area contributed by atoms with Crippen molar-refractivity contribution in [3.63, 3.8) is 0 Å². The Bertz CT molecular complexity index is 287. The molecule has 0 aromatic rings. The zero-order chi connectivity index (χ0) is 12.4. The highest BCUT2D eigenvalue weighted by Crippen LogP contribution is 1.98. The molecule has 0 atom stereocenters. The number of carboxylic acids is 1. The quantitative estimate of drug-likeness (QED) is 0.557. The van der Waals surface area contributed by atoms with Crippen molar-refractivity contribution >= 4 is 15.8 Å². The van der Waals surface area contributed by atoms with E-state index in [1.54, 1.807) is 0 Å². The van der Waals surface area contributed by atoms with Crippen molar-refractivity contribution < 1.29 is 18.3 Å². The van der Waals surface area contributed by atoms with Gasteiger partial charge in [0, 0.05) is 12.7 Å². The van der Waals surface area contributed by atoms with Crippen molar-refractivity contribution in [2.45, 2.75) is 32.1 Å². The van der Waals surface area contributed by atoms with Crippen LogP contribution >= 0.6 is 0 Å². The molecule has 0 heterocycles. The van der Waals surface area contributed by atoms with E-state index in [9.17, 15) is 13.2 Å². The van der Waals surface area contributed by atoms with Gasteiger partial charge in [-0.1, -0.05) is 6.42 Å². The molecular formula is C10H21NO4S. The lowest BCUT2D eigenvalue weighted by atomic mass is 10.2. The van der Waals surface area contributed by atoms with E-state index in [0.29, 0.717) is 19.4 Å². The highest BCUT2D eigenvalue weighted by molar-refractivity contribution is 7.90. The number of nitrogens with one attached hydrogen (secondary N) is 1. The summed E-state index contributed by atoms with van der Waals surface area (Å²) in [6, 6.07) is 0. The summed E-state index contributed by atoms with van der Waals surface area (Å²) in [4.78, 5) is 10.2. The van der Waals surface area contributed by atoms with Crippen molar-refractivity contribution in [1.82, 2.24) is 5.32 Å². The summed E-state index contributed by atoms with van der Waals surface area (Å²) in [5, 5.41) is 11.5. The molecule has 0 spiro atoms. The maximum absolute atomic E-state index is 10.8. The molecule has 0 radical (unpaired) electrons. The fourth-order valence-corrected chi connectivity index (χ4v) is 1.96. The van der Waals surface area contributed by atoms with Gasteiger partial charge < -0.3 is 10.4 Å². The first-order chi connectivity index (χ1) is 7.42. The van der Waals surface area contributed by atoms with Gasteiger partial charge in [0.05, 0.1) is 5.75 Å². The highest BCUT2D eigenvalue weighted by Gasteiger charge is 2.00. The molecule has 0 amide bonds. The molecule has 96 valence electrons. The second kappa shape index (κ2) is 8.52. The first kappa shape index (κ1) is 15.4. The van der Waals surface area contributed by atoms with Crippen LogP contribution in [0.1, 0.15) is 32.1 Å². The van der Waals surface area contributed by atoms with Crippen LogP contribution in [-0.2, 0) is 14.6 Å². The second-order valence-electron chi connectivity index (χ2n) is 3.94. The van der Waals surface area contributed by atoms with E-state index in [-0.39, 0.29) is 12.2 Å². The van der Waals surface area contributed by atoms with Crippen molar-refractivity contribution in [2.75, 3.05) is 25.1 Å². The molecule has 0 aliphatic rings. The monoisotopic (exact) mass is 251 g/mol. The number of hydrogen-bond acceptors (Lipinski definition) is 4. The van der Waals surface area contributed by atoms with E-state index >= 15 is 0 Å². The molecule has 0 rings (SSSR count). The van der Waals surface area contributed by atoms with E-state index < -0.39 is 15.8 Å². The van der Waals surface area contributed by atoms with Gasteiger partial charge in [0.2, 0.25) is 0 Å². The van der Waals surface area contributed by atoms with Gasteiger partial charge in [-0.2, -0.15) is 0 Å². The highest BCUT2D eigenvalue weighted by atomic mass is 32.2. The van der Waals surface area contributed by atoms with Gasteiger partial charge in [-0.25, -0.2) is 8.42 Å². The largest absolute Gasteiger partial charge is 0.481 e. The molecule has 2 N–H and O–H groups in total. The Hall–Kier alpha value is -0.620. The predicted octanol–water partition coefficient (Wildman–Crippen LogP) is 0.656. The number of hydrogen-bond donors (Lipinski definition) is 2. The summed E-state index contributed by atoms with van der Waals surface area (Å²) in [6.07, 6.45) is 4.64. The van der Waals surface area contributed by atoms with Crippen molar-refractivity contribution in [3.05, 3.63) is 0 Å². The van der Waals surface area contributed by atoms with Crippen LogP contribution in [0.15, 0.2) is 0 Å². The molecule has 0 aromatic heterocycles. The molecule has 0 saturated heterocycles. The Morgan fingerprint density at radius 2 is 1.75 bits per heavy atom. The number of carbonyl (C=O) groups is 1. The molecule has 16 heavy (non-hydrogen) atoms. The van der Waals surface area contributed by atoms with E-state index in [4.69, 9.17) is 5.11 Å². The van der Waals surface area contributed by atoms with Crippen LogP contribution in [0.5, 0.6) is 0 Å². The minimum absolute atomic E-state index is 0.221. The molecule has 0 saturated carbocycles. The third kappa shape index (κ3) is 13.4. The van der Waals surface area contributed by atoms with Gasteiger partial charge in [-0.3, -0.25) is 4.79 Å². The maximum Gasteiger partial charge on any atom is 0.303 e. The van der Waals surface area contributed by atoms with Crippen LogP contribution in [0.25, 0.3) is 0 Å². The topological polar surface area (TPSA) is 83.5 Å². The first-order valence-electron chi connectivity index (χ1n) is 5.52. The van der Waals surface area contributed by atoms with Gasteiger partial charge in [0.15, 0.2) is 0 Å². The average Bonchev–Trinajstić information content (AvgIpc) is 2.13. The number of sulfone groups is 1. The first-order valence-corrected chi connectivity index (χ1v) is 7.58. The lowest BCUT2D eigenvalue weighted by molar-refractivity contribution is -0.137. The Balaban J connectivity index is 3.13. The van der Waals surface area contributed by atoms with Crippen molar-refractivity contribution in [1.29, 1.82) is 0 Å². The summed E-state index contributed by atoms with van der Waals surface area (Å²) in [5.41, 5.74) is 0. The minimum Gasteiger partial charge on any atom is -0.481 e. The number of rotatable bonds is 10. The molecular weight excluding hydrogens is 230 g/mol. The Morgan fingerprint density at radius 3 is 2.31 bits per heavy atom. The third-order valence-electron chi connectivity index (χ3n) is 2.11. The zero-order valence-corrected chi connectivity index (χ0v) is 10.6. The Kier molecular flexibility index (Phi) is 8.19. The molecule has 0 aliphatic heterocycles. The average molecular weight is 251 g/mol. The number of aliphatic carboxylic acids is 1. The summed E-state index contributed by atoms with van der Waals surface area (Å²) < 4.78 is 21.6. The fourth-order valence-electron chi connectivity index (χ4n) is 1.29. The number of unbranched alkanes of at least 4 members (excludes halogenated alkanes) is 2. The molecule has 0 bridgehead atoms. The lowest BCUT2D eigenvalue weighted by Crippen LogP contribution is -2.19. The lowest BCUT2D eigenvalue weighted by Gasteiger charge is -2.03. The zero-order valence-electron chi connectivity index (χ0n) is 9.74. The summed E-state index contributed by atoms with van der Waals surface area (Å²) in [7, 11) is -2.84. The summed E-state index contributed by atoms with van der Waals surface area (Å²) in [6.45, 7) is 1.52. The SMILES string of the molecule is CS(=O)(=O)CCCNCCCCCC(=O)O. The fraction of sp³-hybridized carbons (Fsp3) is 0.900. The van der Waals surface area contributed by atoms with Crippen LogP contribution in [-0.4, -0.2) is 44.6 Å². The minimum atomic E-state index is -2.84. The smallest absolute Gasteiger partial charge is 0.303 e. The van der Waals surface area contributed by atoms with E-state index in [1.165, 1.54) is 6.26 Å². The van der Waals surface area contributed by atoms with E-state index in [1.807, 2.05) is 0 Å². The van der Waals surface area contributed by atoms with Crippen LogP contribution in [0.2, 0.25) is 0 Å². The molecule has 0 fully saturated rings. The number of carboxylic acid groups (broad SMARTS) is 1. The molecule has 0 aromatic carbocycles. The predicted molar refractivity (Wildman–Crippen MR) is 63.3 cm³/mol. The molecule has 0 unspecified atom stereocenters. The second-order valence-corrected chi connectivity index (χ2v) is 6.20. The van der Waals surface area contributed by atoms with Gasteiger partial charge in [0.25, 0.3) is 0 Å². The summed E-state index contributed by atoms with van der Waals surface area (Å²) in [5.74, 6) is -0.528. The van der Waals surface area contributed by atoms with Gasteiger partial charge >= 0.3 is 5.97 Å². The van der Waals surface area contributed by atoms with Gasteiger partial charge in [-0.05, 0) is 32.4 Å². The van der Waals surface area contributed by atoms with Crippen LogP contribution < -0.4 is 5.32 Å². The summed E-state index contributed by atoms with van der Waals surface area (Å²) >= 11 is 0. The van der Waals surface area contributed by atoms with Gasteiger partial charge in [0.1, 0.15) is 9.84 Å². The van der Waals surface area contributed by atoms with Gasteiger partial charge in [-0.15, -0.1) is 0 Å².